The van der Waals surface area contributed by atoms with E-state index in [9.17, 15) is 4.79 Å². The number of nitrogens with zero attached hydrogens (tertiary/aromatic N) is 1. The van der Waals surface area contributed by atoms with Crippen molar-refractivity contribution in [3.63, 3.8) is 0 Å². The maximum absolute atomic E-state index is 12.4. The summed E-state index contributed by atoms with van der Waals surface area (Å²) in [4.78, 5) is 16.5. The van der Waals surface area contributed by atoms with Crippen LogP contribution in [0.3, 0.4) is 0 Å². The number of hydrogen-bond acceptors (Lipinski definition) is 4. The van der Waals surface area contributed by atoms with E-state index in [1.807, 2.05) is 42.5 Å². The highest BCUT2D eigenvalue weighted by atomic mass is 35.5. The number of carbonyl (C=O) groups is 1. The minimum atomic E-state index is -0.231. The number of amides is 1. The van der Waals surface area contributed by atoms with Crippen LogP contribution in [0.15, 0.2) is 66.9 Å². The third-order valence-electron chi connectivity index (χ3n) is 4.03. The summed E-state index contributed by atoms with van der Waals surface area (Å²) >= 11 is 5.87. The van der Waals surface area contributed by atoms with Gasteiger partial charge in [-0.2, -0.15) is 0 Å². The second kappa shape index (κ2) is 9.05. The summed E-state index contributed by atoms with van der Waals surface area (Å²) in [5, 5.41) is 6.83. The molecule has 2 N–H and O–H groups in total. The Kier molecular flexibility index (Phi) is 6.28. The second-order valence-corrected chi connectivity index (χ2v) is 6.34. The zero-order valence-electron chi connectivity index (χ0n) is 14.9. The lowest BCUT2D eigenvalue weighted by molar-refractivity contribution is 0.0946. The van der Waals surface area contributed by atoms with E-state index in [1.165, 1.54) is 0 Å². The van der Waals surface area contributed by atoms with E-state index >= 15 is 0 Å². The van der Waals surface area contributed by atoms with Crippen molar-refractivity contribution in [2.75, 3.05) is 12.4 Å². The van der Waals surface area contributed by atoms with Gasteiger partial charge in [0.05, 0.1) is 7.11 Å². The van der Waals surface area contributed by atoms with Crippen LogP contribution in [0.25, 0.3) is 0 Å². The van der Waals surface area contributed by atoms with Crippen molar-refractivity contribution in [1.82, 2.24) is 10.3 Å². The number of halogens is 1. The van der Waals surface area contributed by atoms with E-state index in [4.69, 9.17) is 16.3 Å². The van der Waals surface area contributed by atoms with Crippen LogP contribution in [0.1, 0.15) is 21.6 Å². The number of para-hydroxylation sites is 1. The molecular weight excluding hydrogens is 362 g/mol. The molecule has 0 saturated heterocycles. The third-order valence-corrected chi connectivity index (χ3v) is 4.29. The minimum Gasteiger partial charge on any atom is -0.496 e. The Labute approximate surface area is 163 Å². The van der Waals surface area contributed by atoms with Crippen molar-refractivity contribution in [3.05, 3.63) is 88.7 Å². The summed E-state index contributed by atoms with van der Waals surface area (Å²) in [6.07, 6.45) is 1.61. The van der Waals surface area contributed by atoms with E-state index in [1.54, 1.807) is 31.5 Å². The molecule has 1 amide bonds. The lowest BCUT2D eigenvalue weighted by atomic mass is 10.2. The molecule has 0 unspecified atom stereocenters. The summed E-state index contributed by atoms with van der Waals surface area (Å²) in [6.45, 7) is 0.996. The third kappa shape index (κ3) is 5.21. The average Bonchev–Trinajstić information content (AvgIpc) is 2.72. The number of nitrogens with one attached hydrogen (secondary N) is 2. The molecular formula is C21H20ClN3O2. The smallest absolute Gasteiger partial charge is 0.270 e. The Morgan fingerprint density at radius 2 is 1.85 bits per heavy atom. The highest BCUT2D eigenvalue weighted by Gasteiger charge is 2.08. The lowest BCUT2D eigenvalue weighted by Crippen LogP contribution is -2.23. The van der Waals surface area contributed by atoms with E-state index < -0.39 is 0 Å². The van der Waals surface area contributed by atoms with Crippen LogP contribution < -0.4 is 15.4 Å². The Hall–Kier alpha value is -3.05. The number of methoxy groups -OCH3 is 1. The molecule has 3 rings (SSSR count). The van der Waals surface area contributed by atoms with Crippen molar-refractivity contribution in [3.8, 4) is 5.75 Å². The first-order chi connectivity index (χ1) is 13.2. The zero-order chi connectivity index (χ0) is 19.1. The van der Waals surface area contributed by atoms with E-state index in [0.717, 1.165) is 22.6 Å². The Bertz CT molecular complexity index is 913. The predicted molar refractivity (Wildman–Crippen MR) is 107 cm³/mol. The van der Waals surface area contributed by atoms with Gasteiger partial charge in [0.2, 0.25) is 0 Å². The van der Waals surface area contributed by atoms with Crippen molar-refractivity contribution in [2.45, 2.75) is 13.1 Å². The number of anilines is 1. The fourth-order valence-electron chi connectivity index (χ4n) is 2.59. The highest BCUT2D eigenvalue weighted by Crippen LogP contribution is 2.19. The molecule has 138 valence electrons. The van der Waals surface area contributed by atoms with Gasteiger partial charge in [0.15, 0.2) is 0 Å². The highest BCUT2D eigenvalue weighted by molar-refractivity contribution is 6.30. The topological polar surface area (TPSA) is 63.2 Å². The van der Waals surface area contributed by atoms with Crippen molar-refractivity contribution in [1.29, 1.82) is 0 Å². The van der Waals surface area contributed by atoms with Crippen LogP contribution in [-0.2, 0) is 13.1 Å². The van der Waals surface area contributed by atoms with Gasteiger partial charge in [-0.05, 0) is 35.9 Å². The Morgan fingerprint density at radius 3 is 2.63 bits per heavy atom. The van der Waals surface area contributed by atoms with Crippen LogP contribution in [0.5, 0.6) is 5.75 Å². The maximum Gasteiger partial charge on any atom is 0.270 e. The first-order valence-corrected chi connectivity index (χ1v) is 8.88. The number of hydrogen-bond donors (Lipinski definition) is 2. The molecule has 0 saturated carbocycles. The molecule has 1 heterocycles. The maximum atomic E-state index is 12.4. The van der Waals surface area contributed by atoms with Gasteiger partial charge in [-0.1, -0.05) is 41.9 Å². The number of carbonyl (C=O) groups excluding carboxylic acids is 1. The van der Waals surface area contributed by atoms with Gasteiger partial charge in [-0.25, -0.2) is 0 Å². The van der Waals surface area contributed by atoms with Crippen LogP contribution in [0.4, 0.5) is 5.69 Å². The van der Waals surface area contributed by atoms with E-state index in [2.05, 4.69) is 15.6 Å². The molecule has 0 aliphatic carbocycles. The van der Waals surface area contributed by atoms with Crippen molar-refractivity contribution in [2.24, 2.45) is 0 Å². The monoisotopic (exact) mass is 381 g/mol. The SMILES string of the molecule is COc1ccccc1CNc1ccnc(C(=O)NCc2ccc(Cl)cc2)c1. The van der Waals surface area contributed by atoms with Gasteiger partial charge >= 0.3 is 0 Å². The second-order valence-electron chi connectivity index (χ2n) is 5.90. The normalized spacial score (nSPS) is 10.3. The lowest BCUT2D eigenvalue weighted by Gasteiger charge is -2.11. The molecule has 0 spiro atoms. The van der Waals surface area contributed by atoms with Gasteiger partial charge in [-0.15, -0.1) is 0 Å². The van der Waals surface area contributed by atoms with Gasteiger partial charge in [0.25, 0.3) is 5.91 Å². The molecule has 0 bridgehead atoms. The standard InChI is InChI=1S/C21H20ClN3O2/c1-27-20-5-3-2-4-16(20)14-24-18-10-11-23-19(12-18)21(26)25-13-15-6-8-17(22)9-7-15/h2-12H,13-14H2,1H3,(H,23,24)(H,25,26). The van der Waals surface area contributed by atoms with Crippen LogP contribution in [0, 0.1) is 0 Å². The summed E-state index contributed by atoms with van der Waals surface area (Å²) in [5.41, 5.74) is 3.17. The molecule has 0 aliphatic rings. The first-order valence-electron chi connectivity index (χ1n) is 8.50. The molecule has 5 nitrogen and oxygen atoms in total. The van der Waals surface area contributed by atoms with Crippen LogP contribution >= 0.6 is 11.6 Å². The van der Waals surface area contributed by atoms with Gasteiger partial charge < -0.3 is 15.4 Å². The molecule has 0 aliphatic heterocycles. The van der Waals surface area contributed by atoms with Crippen LogP contribution in [0.2, 0.25) is 5.02 Å². The minimum absolute atomic E-state index is 0.231. The Morgan fingerprint density at radius 1 is 1.07 bits per heavy atom. The van der Waals surface area contributed by atoms with Crippen molar-refractivity contribution < 1.29 is 9.53 Å². The van der Waals surface area contributed by atoms with E-state index in [0.29, 0.717) is 23.8 Å². The van der Waals surface area contributed by atoms with Gasteiger partial charge in [0.1, 0.15) is 11.4 Å². The molecule has 6 heteroatoms. The van der Waals surface area contributed by atoms with E-state index in [-0.39, 0.29) is 5.91 Å². The first kappa shape index (κ1) is 18.7. The number of ether oxygens (including phenoxy) is 1. The Balaban J connectivity index is 1.60. The summed E-state index contributed by atoms with van der Waals surface area (Å²) in [7, 11) is 1.65. The fraction of sp³-hybridized carbons (Fsp3) is 0.143. The summed E-state index contributed by atoms with van der Waals surface area (Å²) < 4.78 is 5.35. The quantitative estimate of drug-likeness (QED) is 0.641. The number of rotatable bonds is 7. The number of aromatic nitrogens is 1. The van der Waals surface area contributed by atoms with Gasteiger partial charge in [-0.3, -0.25) is 9.78 Å². The molecule has 1 aromatic heterocycles. The molecule has 0 radical (unpaired) electrons. The van der Waals surface area contributed by atoms with Crippen LogP contribution in [-0.4, -0.2) is 18.0 Å². The largest absolute Gasteiger partial charge is 0.496 e. The molecule has 3 aromatic rings. The predicted octanol–water partition coefficient (Wildman–Crippen LogP) is 4.29. The van der Waals surface area contributed by atoms with Gasteiger partial charge in [0, 0.05) is 35.6 Å². The number of benzene rings is 2. The molecule has 0 atom stereocenters. The summed E-state index contributed by atoms with van der Waals surface area (Å²) in [6, 6.07) is 18.7. The molecule has 2 aromatic carbocycles. The zero-order valence-corrected chi connectivity index (χ0v) is 15.7. The summed E-state index contributed by atoms with van der Waals surface area (Å²) in [5.74, 6) is 0.589. The number of pyridine rings is 1. The molecule has 0 fully saturated rings. The van der Waals surface area contributed by atoms with Crippen molar-refractivity contribution >= 4 is 23.2 Å². The fourth-order valence-corrected chi connectivity index (χ4v) is 2.71. The average molecular weight is 382 g/mol. The molecule has 27 heavy (non-hydrogen) atoms.